The van der Waals surface area contributed by atoms with E-state index in [0.29, 0.717) is 28.8 Å². The second kappa shape index (κ2) is 6.20. The Hall–Kier alpha value is -2.13. The molecule has 9 heteroatoms. The molecule has 1 fully saturated rings. The maximum absolute atomic E-state index is 13.1. The van der Waals surface area contributed by atoms with Gasteiger partial charge < -0.3 is 10.6 Å². The van der Waals surface area contributed by atoms with Crippen LogP contribution in [0.25, 0.3) is 10.4 Å². The second-order valence-electron chi connectivity index (χ2n) is 7.41. The summed E-state index contributed by atoms with van der Waals surface area (Å²) in [6, 6.07) is 3.82. The number of benzene rings is 1. The first-order valence-electron chi connectivity index (χ1n) is 8.83. The molecule has 0 spiro atoms. The quantitative estimate of drug-likeness (QED) is 0.794. The van der Waals surface area contributed by atoms with Crippen molar-refractivity contribution >= 4 is 38.1 Å². The molecule has 0 unspecified atom stereocenters. The normalized spacial score (nSPS) is 17.9. The molecule has 144 valence electrons. The van der Waals surface area contributed by atoms with Crippen molar-refractivity contribution in [3.05, 3.63) is 29.0 Å². The van der Waals surface area contributed by atoms with Crippen LogP contribution in [0.5, 0.6) is 0 Å². The molecule has 1 atom stereocenters. The van der Waals surface area contributed by atoms with Crippen molar-refractivity contribution in [3.63, 3.8) is 0 Å². The van der Waals surface area contributed by atoms with Gasteiger partial charge in [0.05, 0.1) is 28.1 Å². The predicted octanol–water partition coefficient (Wildman–Crippen LogP) is 2.83. The van der Waals surface area contributed by atoms with Gasteiger partial charge in [-0.1, -0.05) is 11.3 Å². The van der Waals surface area contributed by atoms with Crippen molar-refractivity contribution in [2.75, 3.05) is 16.7 Å². The third kappa shape index (κ3) is 3.41. The molecular weight excluding hydrogens is 384 g/mol. The van der Waals surface area contributed by atoms with Crippen LogP contribution in [-0.2, 0) is 16.6 Å². The van der Waals surface area contributed by atoms with E-state index in [1.54, 1.807) is 6.07 Å². The van der Waals surface area contributed by atoms with Gasteiger partial charge in [0.15, 0.2) is 5.13 Å². The third-order valence-corrected chi connectivity index (χ3v) is 6.83. The highest BCUT2D eigenvalue weighted by molar-refractivity contribution is 7.92. The zero-order chi connectivity index (χ0) is 19.5. The van der Waals surface area contributed by atoms with Gasteiger partial charge in [0.1, 0.15) is 0 Å². The number of amides is 1. The largest absolute Gasteiger partial charge is 0.375 e. The maximum Gasteiger partial charge on any atom is 0.256 e. The summed E-state index contributed by atoms with van der Waals surface area (Å²) in [7, 11) is -3.53. The van der Waals surface area contributed by atoms with Crippen LogP contribution >= 0.6 is 11.3 Å². The smallest absolute Gasteiger partial charge is 0.256 e. The Bertz CT molecular complexity index is 1040. The molecule has 3 N–H and O–H groups in total. The van der Waals surface area contributed by atoms with E-state index < -0.39 is 10.0 Å². The van der Waals surface area contributed by atoms with Crippen LogP contribution in [0, 0.1) is 12.8 Å². The molecule has 1 saturated carbocycles. The molecule has 0 bridgehead atoms. The molecular formula is C18H22N4O3S2. The lowest BCUT2D eigenvalue weighted by atomic mass is 10.0. The van der Waals surface area contributed by atoms with Crippen LogP contribution in [0.15, 0.2) is 12.1 Å². The zero-order valence-corrected chi connectivity index (χ0v) is 17.1. The summed E-state index contributed by atoms with van der Waals surface area (Å²) < 4.78 is 26.3. The molecule has 0 radical (unpaired) electrons. The summed E-state index contributed by atoms with van der Waals surface area (Å²) in [6.45, 7) is 4.43. The van der Waals surface area contributed by atoms with E-state index in [2.05, 4.69) is 16.6 Å². The predicted molar refractivity (Wildman–Crippen MR) is 107 cm³/mol. The fourth-order valence-electron chi connectivity index (χ4n) is 3.74. The minimum atomic E-state index is -3.53. The lowest BCUT2D eigenvalue weighted by Crippen LogP contribution is -2.34. The van der Waals surface area contributed by atoms with Crippen molar-refractivity contribution in [2.45, 2.75) is 39.3 Å². The number of nitrogens with zero attached hydrogens (tertiary/aromatic N) is 2. The number of nitrogens with one attached hydrogen (secondary N) is 1. The van der Waals surface area contributed by atoms with E-state index in [1.165, 1.54) is 11.3 Å². The van der Waals surface area contributed by atoms with E-state index in [1.807, 2.05) is 17.9 Å². The Morgan fingerprint density at radius 2 is 2.07 bits per heavy atom. The van der Waals surface area contributed by atoms with Gasteiger partial charge in [-0.05, 0) is 55.9 Å². The highest BCUT2D eigenvalue weighted by atomic mass is 32.2. The minimum Gasteiger partial charge on any atom is -0.375 e. The average Bonchev–Trinajstić information content (AvgIpc) is 3.27. The summed E-state index contributed by atoms with van der Waals surface area (Å²) >= 11 is 1.35. The van der Waals surface area contributed by atoms with Crippen molar-refractivity contribution < 1.29 is 13.2 Å². The van der Waals surface area contributed by atoms with Crippen LogP contribution < -0.4 is 10.5 Å². The molecule has 1 aromatic heterocycles. The lowest BCUT2D eigenvalue weighted by Gasteiger charge is -2.24. The highest BCUT2D eigenvalue weighted by Gasteiger charge is 2.40. The number of hydrogen-bond donors (Lipinski definition) is 2. The number of fused-ring (bicyclic) bond motifs is 1. The maximum atomic E-state index is 13.1. The van der Waals surface area contributed by atoms with E-state index in [-0.39, 0.29) is 11.9 Å². The number of carbonyl (C=O) groups excluding carboxylic acids is 1. The van der Waals surface area contributed by atoms with Gasteiger partial charge in [-0.25, -0.2) is 13.4 Å². The van der Waals surface area contributed by atoms with Crippen LogP contribution in [0.3, 0.4) is 0 Å². The Labute approximate surface area is 162 Å². The van der Waals surface area contributed by atoms with E-state index in [0.717, 1.165) is 40.8 Å². The number of hydrogen-bond acceptors (Lipinski definition) is 6. The van der Waals surface area contributed by atoms with Crippen molar-refractivity contribution in [3.8, 4) is 10.4 Å². The summed E-state index contributed by atoms with van der Waals surface area (Å²) in [5.74, 6) is 0.431. The van der Waals surface area contributed by atoms with Crippen molar-refractivity contribution in [1.82, 2.24) is 9.88 Å². The Morgan fingerprint density at radius 3 is 2.63 bits per heavy atom. The lowest BCUT2D eigenvalue weighted by molar-refractivity contribution is 0.0698. The first-order valence-corrected chi connectivity index (χ1v) is 11.5. The molecule has 2 aliphatic rings. The van der Waals surface area contributed by atoms with Gasteiger partial charge in [0.2, 0.25) is 10.0 Å². The Kier molecular flexibility index (Phi) is 4.19. The third-order valence-electron chi connectivity index (χ3n) is 5.20. The van der Waals surface area contributed by atoms with E-state index in [4.69, 9.17) is 5.73 Å². The number of nitrogen functional groups attached to an aromatic ring is 1. The van der Waals surface area contributed by atoms with Crippen LogP contribution in [-0.4, -0.2) is 36.5 Å². The number of nitrogens with two attached hydrogens (primary N) is 1. The average molecular weight is 407 g/mol. The second-order valence-corrected chi connectivity index (χ2v) is 10.2. The number of carbonyl (C=O) groups is 1. The Morgan fingerprint density at radius 1 is 1.37 bits per heavy atom. The van der Waals surface area contributed by atoms with Gasteiger partial charge in [-0.3, -0.25) is 9.52 Å². The molecule has 2 aromatic rings. The van der Waals surface area contributed by atoms with Crippen LogP contribution in [0.1, 0.15) is 41.4 Å². The highest BCUT2D eigenvalue weighted by Crippen LogP contribution is 2.42. The molecule has 1 amide bonds. The topological polar surface area (TPSA) is 105 Å². The molecule has 1 aliphatic carbocycles. The number of aryl methyl sites for hydroxylation is 1. The van der Waals surface area contributed by atoms with Gasteiger partial charge in [0, 0.05) is 12.6 Å². The SMILES string of the molecule is Cc1nc(N)sc1-c1cc2c(c(NS(C)(=O)=O)c1)C(=O)N([C@@H](C)C1CC1)C2. The summed E-state index contributed by atoms with van der Waals surface area (Å²) in [4.78, 5) is 20.0. The first kappa shape index (κ1) is 18.2. The van der Waals surface area contributed by atoms with E-state index in [9.17, 15) is 13.2 Å². The molecule has 7 nitrogen and oxygen atoms in total. The van der Waals surface area contributed by atoms with Crippen LogP contribution in [0.4, 0.5) is 10.8 Å². The molecule has 0 saturated heterocycles. The summed E-state index contributed by atoms with van der Waals surface area (Å²) in [5.41, 5.74) is 9.05. The molecule has 1 aromatic carbocycles. The van der Waals surface area contributed by atoms with Crippen LogP contribution in [0.2, 0.25) is 0 Å². The summed E-state index contributed by atoms with van der Waals surface area (Å²) in [5, 5.41) is 0.459. The van der Waals surface area contributed by atoms with Crippen molar-refractivity contribution in [1.29, 1.82) is 0 Å². The fourth-order valence-corrected chi connectivity index (χ4v) is 5.12. The standard InChI is InChI=1S/C18H22N4O3S2/c1-9-16(26-18(19)20-9)12-6-13-8-22(10(2)11-4-5-11)17(23)15(13)14(7-12)21-27(3,24)25/h6-7,10-11,21H,4-5,8H2,1-3H3,(H2,19,20)/t10-/m0/s1. The number of anilines is 2. The first-order chi connectivity index (χ1) is 12.6. The number of thiazole rings is 1. The number of aromatic nitrogens is 1. The van der Waals surface area contributed by atoms with Crippen molar-refractivity contribution in [2.24, 2.45) is 5.92 Å². The number of sulfonamides is 1. The van der Waals surface area contributed by atoms with Gasteiger partial charge in [0.25, 0.3) is 5.91 Å². The summed E-state index contributed by atoms with van der Waals surface area (Å²) in [6.07, 6.45) is 3.37. The fraction of sp³-hybridized carbons (Fsp3) is 0.444. The monoisotopic (exact) mass is 406 g/mol. The van der Waals surface area contributed by atoms with E-state index >= 15 is 0 Å². The minimum absolute atomic E-state index is 0.109. The molecule has 2 heterocycles. The van der Waals surface area contributed by atoms with Gasteiger partial charge in [-0.2, -0.15) is 0 Å². The Balaban J connectivity index is 1.83. The molecule has 27 heavy (non-hydrogen) atoms. The molecule has 4 rings (SSSR count). The van der Waals surface area contributed by atoms with Gasteiger partial charge in [-0.15, -0.1) is 0 Å². The number of rotatable bonds is 5. The van der Waals surface area contributed by atoms with Gasteiger partial charge >= 0.3 is 0 Å². The zero-order valence-electron chi connectivity index (χ0n) is 15.4. The molecule has 1 aliphatic heterocycles.